The Kier molecular flexibility index (Phi) is 4.24. The molecular weight excluding hydrogens is 154 g/mol. The van der Waals surface area contributed by atoms with E-state index < -0.39 is 0 Å². The topological polar surface area (TPSA) is 49.3 Å². The Morgan fingerprint density at radius 3 is 2.33 bits per heavy atom. The zero-order valence-corrected chi connectivity index (χ0v) is 8.35. The fraction of sp³-hybridized carbons (Fsp3) is 0.889. The summed E-state index contributed by atoms with van der Waals surface area (Å²) in [6.45, 7) is 8.43. The van der Waals surface area contributed by atoms with E-state index in [1.54, 1.807) is 5.48 Å². The molecule has 72 valence electrons. The molecule has 0 bridgehead atoms. The van der Waals surface area contributed by atoms with Gasteiger partial charge in [-0.25, -0.2) is 5.48 Å². The van der Waals surface area contributed by atoms with E-state index in [2.05, 4.69) is 20.8 Å². The Bertz CT molecular complexity index is 149. The molecule has 1 atom stereocenters. The zero-order valence-electron chi connectivity index (χ0n) is 8.35. The summed E-state index contributed by atoms with van der Waals surface area (Å²) in [6.07, 6.45) is 1.38. The van der Waals surface area contributed by atoms with Crippen molar-refractivity contribution < 1.29 is 10.0 Å². The summed E-state index contributed by atoms with van der Waals surface area (Å²) in [7, 11) is 0. The predicted molar refractivity (Wildman–Crippen MR) is 47.8 cm³/mol. The molecule has 12 heavy (non-hydrogen) atoms. The van der Waals surface area contributed by atoms with Gasteiger partial charge >= 0.3 is 0 Å². The van der Waals surface area contributed by atoms with E-state index in [-0.39, 0.29) is 11.3 Å². The van der Waals surface area contributed by atoms with Crippen LogP contribution in [-0.2, 0) is 4.79 Å². The molecule has 0 heterocycles. The second-order valence-corrected chi connectivity index (χ2v) is 4.61. The number of rotatable bonds is 3. The normalized spacial score (nSPS) is 14.1. The monoisotopic (exact) mass is 173 g/mol. The number of hydroxylamine groups is 1. The molecule has 0 rings (SSSR count). The number of nitrogens with one attached hydrogen (secondary N) is 1. The van der Waals surface area contributed by atoms with Crippen molar-refractivity contribution in [3.63, 3.8) is 0 Å². The predicted octanol–water partition coefficient (Wildman–Crippen LogP) is 1.95. The Hall–Kier alpha value is -0.570. The maximum absolute atomic E-state index is 10.7. The molecule has 1 amide bonds. The number of carbonyl (C=O) groups is 1. The molecule has 0 aliphatic heterocycles. The molecule has 0 aliphatic carbocycles. The van der Waals surface area contributed by atoms with Crippen molar-refractivity contribution in [2.45, 2.75) is 40.5 Å². The molecule has 2 N–H and O–H groups in total. The standard InChI is InChI=1S/C9H19NO2/c1-7(5-8(11)10-12)6-9(2,3)4/h7,12H,5-6H2,1-4H3,(H,10,11). The van der Waals surface area contributed by atoms with Gasteiger partial charge in [-0.3, -0.25) is 10.0 Å². The minimum atomic E-state index is -0.299. The molecule has 0 aromatic heterocycles. The lowest BCUT2D eigenvalue weighted by molar-refractivity contribution is -0.130. The van der Waals surface area contributed by atoms with E-state index in [0.29, 0.717) is 12.3 Å². The fourth-order valence-electron chi connectivity index (χ4n) is 1.48. The van der Waals surface area contributed by atoms with Crippen LogP contribution in [0.15, 0.2) is 0 Å². The van der Waals surface area contributed by atoms with Gasteiger partial charge in [0.25, 0.3) is 0 Å². The van der Waals surface area contributed by atoms with Gasteiger partial charge in [-0.2, -0.15) is 0 Å². The highest BCUT2D eigenvalue weighted by Gasteiger charge is 2.17. The average Bonchev–Trinajstić information content (AvgIpc) is 1.82. The molecule has 1 unspecified atom stereocenters. The van der Waals surface area contributed by atoms with Gasteiger partial charge in [0.15, 0.2) is 0 Å². The SMILES string of the molecule is CC(CC(=O)NO)CC(C)(C)C. The minimum absolute atomic E-state index is 0.245. The fourth-order valence-corrected chi connectivity index (χ4v) is 1.48. The Morgan fingerprint density at radius 1 is 1.50 bits per heavy atom. The molecule has 0 aliphatic rings. The van der Waals surface area contributed by atoms with Crippen molar-refractivity contribution in [2.24, 2.45) is 11.3 Å². The third kappa shape index (κ3) is 6.16. The summed E-state index contributed by atoms with van der Waals surface area (Å²) in [5, 5.41) is 8.28. The van der Waals surface area contributed by atoms with Crippen molar-refractivity contribution in [1.82, 2.24) is 5.48 Å². The van der Waals surface area contributed by atoms with E-state index in [4.69, 9.17) is 5.21 Å². The molecule has 0 fully saturated rings. The lowest BCUT2D eigenvalue weighted by Crippen LogP contribution is -2.22. The van der Waals surface area contributed by atoms with Gasteiger partial charge in [0.2, 0.25) is 5.91 Å². The first-order chi connectivity index (χ1) is 5.35. The van der Waals surface area contributed by atoms with Gasteiger partial charge in [0.05, 0.1) is 0 Å². The highest BCUT2D eigenvalue weighted by molar-refractivity contribution is 5.74. The van der Waals surface area contributed by atoms with Crippen LogP contribution in [0, 0.1) is 11.3 Å². The smallest absolute Gasteiger partial charge is 0.243 e. The van der Waals surface area contributed by atoms with Crippen LogP contribution in [0.3, 0.4) is 0 Å². The molecular formula is C9H19NO2. The maximum atomic E-state index is 10.7. The summed E-state index contributed by atoms with van der Waals surface area (Å²) in [5.41, 5.74) is 1.89. The van der Waals surface area contributed by atoms with Crippen LogP contribution in [0.25, 0.3) is 0 Å². The summed E-state index contributed by atoms with van der Waals surface area (Å²) in [4.78, 5) is 10.7. The highest BCUT2D eigenvalue weighted by atomic mass is 16.5. The Labute approximate surface area is 74.1 Å². The van der Waals surface area contributed by atoms with E-state index in [1.807, 2.05) is 6.92 Å². The first-order valence-electron chi connectivity index (χ1n) is 4.28. The van der Waals surface area contributed by atoms with Crippen molar-refractivity contribution in [1.29, 1.82) is 0 Å². The average molecular weight is 173 g/mol. The third-order valence-electron chi connectivity index (χ3n) is 1.62. The highest BCUT2D eigenvalue weighted by Crippen LogP contribution is 2.25. The van der Waals surface area contributed by atoms with Gasteiger partial charge in [-0.1, -0.05) is 27.7 Å². The van der Waals surface area contributed by atoms with Gasteiger partial charge in [-0.15, -0.1) is 0 Å². The molecule has 0 saturated carbocycles. The molecule has 3 heteroatoms. The second-order valence-electron chi connectivity index (χ2n) is 4.61. The molecule has 0 spiro atoms. The summed E-state index contributed by atoms with van der Waals surface area (Å²) in [6, 6.07) is 0. The van der Waals surface area contributed by atoms with Crippen molar-refractivity contribution >= 4 is 5.91 Å². The minimum Gasteiger partial charge on any atom is -0.289 e. The van der Waals surface area contributed by atoms with Gasteiger partial charge < -0.3 is 0 Å². The lowest BCUT2D eigenvalue weighted by atomic mass is 9.84. The number of hydrogen-bond acceptors (Lipinski definition) is 2. The van der Waals surface area contributed by atoms with Crippen LogP contribution in [-0.4, -0.2) is 11.1 Å². The van der Waals surface area contributed by atoms with Crippen LogP contribution in [0.5, 0.6) is 0 Å². The molecule has 3 nitrogen and oxygen atoms in total. The van der Waals surface area contributed by atoms with E-state index >= 15 is 0 Å². The maximum Gasteiger partial charge on any atom is 0.243 e. The first kappa shape index (κ1) is 11.4. The van der Waals surface area contributed by atoms with E-state index in [1.165, 1.54) is 0 Å². The Morgan fingerprint density at radius 2 is 2.00 bits per heavy atom. The second kappa shape index (κ2) is 4.45. The number of hydrogen-bond donors (Lipinski definition) is 2. The van der Waals surface area contributed by atoms with Crippen molar-refractivity contribution in [3.8, 4) is 0 Å². The van der Waals surface area contributed by atoms with Crippen molar-refractivity contribution in [2.75, 3.05) is 0 Å². The molecule has 0 saturated heterocycles. The zero-order chi connectivity index (χ0) is 9.78. The van der Waals surface area contributed by atoms with Crippen LogP contribution < -0.4 is 5.48 Å². The molecule has 0 aromatic carbocycles. The van der Waals surface area contributed by atoms with Gasteiger partial charge in [0.1, 0.15) is 0 Å². The van der Waals surface area contributed by atoms with Gasteiger partial charge in [-0.05, 0) is 17.8 Å². The summed E-state index contributed by atoms with van der Waals surface area (Å²) >= 11 is 0. The lowest BCUT2D eigenvalue weighted by Gasteiger charge is -2.22. The van der Waals surface area contributed by atoms with E-state index in [9.17, 15) is 4.79 Å². The number of carbonyl (C=O) groups excluding carboxylic acids is 1. The Balaban J connectivity index is 3.74. The van der Waals surface area contributed by atoms with Crippen LogP contribution in [0.4, 0.5) is 0 Å². The van der Waals surface area contributed by atoms with Crippen LogP contribution in [0.2, 0.25) is 0 Å². The number of amides is 1. The molecule has 0 aromatic rings. The quantitative estimate of drug-likeness (QED) is 0.506. The van der Waals surface area contributed by atoms with Gasteiger partial charge in [0, 0.05) is 6.42 Å². The van der Waals surface area contributed by atoms with Crippen LogP contribution in [0.1, 0.15) is 40.5 Å². The summed E-state index contributed by atoms with van der Waals surface area (Å²) < 4.78 is 0. The van der Waals surface area contributed by atoms with Crippen LogP contribution >= 0.6 is 0 Å². The third-order valence-corrected chi connectivity index (χ3v) is 1.62. The molecule has 0 radical (unpaired) electrons. The summed E-state index contributed by atoms with van der Waals surface area (Å²) in [5.74, 6) is 0.0175. The largest absolute Gasteiger partial charge is 0.289 e. The van der Waals surface area contributed by atoms with Crippen molar-refractivity contribution in [3.05, 3.63) is 0 Å². The first-order valence-corrected chi connectivity index (χ1v) is 4.28. The van der Waals surface area contributed by atoms with E-state index in [0.717, 1.165) is 6.42 Å².